The molecule has 5 aromatic carbocycles. The van der Waals surface area contributed by atoms with Crippen molar-refractivity contribution in [1.29, 1.82) is 0 Å². The molecule has 30 heteroatoms. The number of aromatic nitrogens is 3. The Morgan fingerprint density at radius 2 is 0.809 bits per heavy atom. The molecule has 3 unspecified atom stereocenters. The number of ketones is 3. The summed E-state index contributed by atoms with van der Waals surface area (Å²) in [5.41, 5.74) is 2.65. The molecule has 0 aliphatic carbocycles. The number of anilines is 3. The zero-order valence-corrected chi connectivity index (χ0v) is 68.3. The van der Waals surface area contributed by atoms with Gasteiger partial charge in [0.05, 0.1) is 76.9 Å². The van der Waals surface area contributed by atoms with Crippen molar-refractivity contribution in [2.45, 2.75) is 148 Å². The van der Waals surface area contributed by atoms with Crippen LogP contribution in [0.1, 0.15) is 166 Å². The van der Waals surface area contributed by atoms with Gasteiger partial charge in [-0.15, -0.1) is 0 Å². The molecule has 22 nitrogen and oxygen atoms in total. The molecule has 3 atom stereocenters. The van der Waals surface area contributed by atoms with Crippen LogP contribution in [-0.4, -0.2) is 152 Å². The molecule has 3 aromatic heterocycles. The maximum absolute atomic E-state index is 14.0. The second-order valence-electron chi connectivity index (χ2n) is 30.1. The van der Waals surface area contributed by atoms with Gasteiger partial charge in [-0.3, -0.25) is 24.2 Å². The summed E-state index contributed by atoms with van der Waals surface area (Å²) in [4.78, 5) is 81.3. The quantitative estimate of drug-likeness (QED) is 0.0193. The average Bonchev–Trinajstić information content (AvgIpc) is 1.58. The standard InChI is InChI=1S/C32H35ClF2N2O6.C27H27ClF2N2O4.C26H32ClFN2O6/c1-31(2,3)43-30(39)37-14-11-21-18-27(36-28(29(21)37)20-6-8-23(35)22(33)16-20)32(4,40)12-10-24(38)19-7-9-25(42-15-13-34)26(17-19)41-5;1-27(34,9-7-21(33)16-4-6-22(36-12-10-29)23(14-16)35-2)24-15-18-8-11-31-25(18)26(32-24)17-3-5-20(30)19(28)13-17;1-25(2,3)36-24(32)30-12-9-17-15-21(29-23(27)22(17)30)26(4,33)10-8-18(31)16-6-7-19(35-13-11-28)20(14-16)34-5/h6-9,16-18,40H,10-15H2,1-5H3;3-6,13-15,31,34H,7-12H2,1-2H3;6-7,14-15,33H,8-13H2,1-5H3. The van der Waals surface area contributed by atoms with Gasteiger partial charge in [0.1, 0.15) is 79.5 Å². The number of carbonyl (C=O) groups is 5. The molecule has 4 N–H and O–H groups in total. The van der Waals surface area contributed by atoms with Crippen LogP contribution in [0.2, 0.25) is 15.2 Å². The molecule has 616 valence electrons. The number of benzene rings is 5. The largest absolute Gasteiger partial charge is 0.493 e. The maximum Gasteiger partial charge on any atom is 0.414 e. The highest BCUT2D eigenvalue weighted by Crippen LogP contribution is 2.45. The Kier molecular flexibility index (Phi) is 29.6. The Hall–Kier alpha value is -9.90. The van der Waals surface area contributed by atoms with Crippen molar-refractivity contribution in [1.82, 2.24) is 15.0 Å². The molecule has 0 fully saturated rings. The molecule has 2 amide bonds. The number of carbonyl (C=O) groups excluding carboxylic acids is 5. The summed E-state index contributed by atoms with van der Waals surface area (Å²) in [5, 5.41) is 37.3. The summed E-state index contributed by atoms with van der Waals surface area (Å²) in [7, 11) is 4.30. The second kappa shape index (κ2) is 38.2. The van der Waals surface area contributed by atoms with Crippen LogP contribution in [0.5, 0.6) is 34.5 Å². The van der Waals surface area contributed by atoms with Gasteiger partial charge in [-0.05, 0) is 227 Å². The van der Waals surface area contributed by atoms with Gasteiger partial charge < -0.3 is 58.5 Å². The van der Waals surface area contributed by atoms with E-state index in [1.165, 1.54) is 73.6 Å². The summed E-state index contributed by atoms with van der Waals surface area (Å²) >= 11 is 18.5. The Morgan fingerprint density at radius 1 is 0.452 bits per heavy atom. The van der Waals surface area contributed by atoms with E-state index in [-0.39, 0.29) is 96.6 Å². The van der Waals surface area contributed by atoms with Crippen molar-refractivity contribution in [3.63, 3.8) is 0 Å². The van der Waals surface area contributed by atoms with Gasteiger partial charge >= 0.3 is 12.2 Å². The first-order chi connectivity index (χ1) is 54.3. The predicted molar refractivity (Wildman–Crippen MR) is 428 cm³/mol. The minimum absolute atomic E-state index is 0.0136. The summed E-state index contributed by atoms with van der Waals surface area (Å²) in [5.74, 6) is 0.171. The van der Waals surface area contributed by atoms with Gasteiger partial charge in [0.25, 0.3) is 0 Å². The van der Waals surface area contributed by atoms with Crippen LogP contribution < -0.4 is 43.5 Å². The number of hydrogen-bond donors (Lipinski definition) is 4. The van der Waals surface area contributed by atoms with Gasteiger partial charge in [-0.2, -0.15) is 0 Å². The molecule has 0 spiro atoms. The zero-order chi connectivity index (χ0) is 84.1. The van der Waals surface area contributed by atoms with E-state index >= 15 is 0 Å². The van der Waals surface area contributed by atoms with E-state index in [0.29, 0.717) is 122 Å². The number of aliphatic hydroxyl groups is 3. The highest BCUT2D eigenvalue weighted by atomic mass is 35.5. The Balaban J connectivity index is 0.000000198. The number of rotatable bonds is 29. The van der Waals surface area contributed by atoms with Crippen LogP contribution >= 0.6 is 34.8 Å². The second-order valence-corrected chi connectivity index (χ2v) is 31.2. The van der Waals surface area contributed by atoms with Crippen molar-refractivity contribution < 1.29 is 99.1 Å². The lowest BCUT2D eigenvalue weighted by Crippen LogP contribution is -2.36. The van der Waals surface area contributed by atoms with E-state index in [4.69, 9.17) is 82.7 Å². The SMILES string of the molecule is COc1cc(C(=O)CCC(C)(O)c2cc3c(c(-c4ccc(F)c(Cl)c4)n2)N(C(=O)OC(C)(C)C)CC3)ccc1OCCF.COc1cc(C(=O)CCC(C)(O)c2cc3c(c(-c4ccc(F)c(Cl)c4)n2)NCC3)ccc1OCCF.COc1cc(C(=O)CCC(C)(O)c2cc3c(c(Cl)n2)N(C(=O)OC(C)(C)C)CC3)ccc1OCCF. The van der Waals surface area contributed by atoms with Crippen LogP contribution in [0.4, 0.5) is 48.6 Å². The minimum Gasteiger partial charge on any atom is -0.493 e. The molecular formula is C85H94Cl3F5N6O16. The lowest BCUT2D eigenvalue weighted by molar-refractivity contribution is 0.0396. The summed E-state index contributed by atoms with van der Waals surface area (Å²) in [6.45, 7) is 14.6. The van der Waals surface area contributed by atoms with Crippen LogP contribution in [0.25, 0.3) is 22.5 Å². The highest BCUT2D eigenvalue weighted by molar-refractivity contribution is 6.33. The van der Waals surface area contributed by atoms with Crippen LogP contribution in [0, 0.1) is 11.6 Å². The Bertz CT molecular complexity index is 4880. The normalized spacial score (nSPS) is 14.3. The van der Waals surface area contributed by atoms with Gasteiger partial charge in [0.15, 0.2) is 57.0 Å². The number of Topliss-reactive ketones (excluding diaryl/α,β-unsaturated/α-hetero) is 3. The molecule has 0 bridgehead atoms. The highest BCUT2D eigenvalue weighted by Gasteiger charge is 2.39. The van der Waals surface area contributed by atoms with Crippen LogP contribution in [0.15, 0.2) is 109 Å². The molecule has 115 heavy (non-hydrogen) atoms. The van der Waals surface area contributed by atoms with Crippen molar-refractivity contribution in [2.75, 3.05) is 95.9 Å². The molecule has 11 rings (SSSR count). The number of fused-ring (bicyclic) bond motifs is 3. The fourth-order valence-electron chi connectivity index (χ4n) is 12.9. The molecule has 3 aliphatic rings. The summed E-state index contributed by atoms with van der Waals surface area (Å²) < 4.78 is 108. The van der Waals surface area contributed by atoms with Crippen LogP contribution in [0.3, 0.4) is 0 Å². The monoisotopic (exact) mass is 1650 g/mol. The molecule has 0 saturated heterocycles. The number of nitrogens with zero attached hydrogens (tertiary/aromatic N) is 5. The fourth-order valence-corrected chi connectivity index (χ4v) is 13.5. The van der Waals surface area contributed by atoms with E-state index in [0.717, 1.165) is 35.3 Å². The lowest BCUT2D eigenvalue weighted by Gasteiger charge is -2.27. The lowest BCUT2D eigenvalue weighted by atomic mass is 9.91. The van der Waals surface area contributed by atoms with Crippen molar-refractivity contribution in [3.8, 4) is 57.0 Å². The first kappa shape index (κ1) is 89.0. The molecule has 6 heterocycles. The van der Waals surface area contributed by atoms with E-state index in [2.05, 4.69) is 10.3 Å². The number of halogens is 8. The maximum atomic E-state index is 14.0. The van der Waals surface area contributed by atoms with Gasteiger partial charge in [-0.1, -0.05) is 34.8 Å². The Morgan fingerprint density at radius 3 is 1.18 bits per heavy atom. The van der Waals surface area contributed by atoms with Gasteiger partial charge in [0.2, 0.25) is 0 Å². The smallest absolute Gasteiger partial charge is 0.414 e. The third-order valence-electron chi connectivity index (χ3n) is 18.9. The molecular weight excluding hydrogens is 1560 g/mol. The minimum atomic E-state index is -1.54. The zero-order valence-electron chi connectivity index (χ0n) is 66.0. The van der Waals surface area contributed by atoms with Crippen molar-refractivity contribution in [3.05, 3.63) is 186 Å². The Labute approximate surface area is 679 Å². The van der Waals surface area contributed by atoms with E-state index in [1.807, 2.05) is 6.07 Å². The van der Waals surface area contributed by atoms with E-state index in [1.54, 1.807) is 123 Å². The molecule has 0 radical (unpaired) electrons. The fraction of sp³-hybridized carbons (Fsp3) is 0.412. The number of alkyl halides is 3. The van der Waals surface area contributed by atoms with Gasteiger partial charge in [0, 0.05) is 66.7 Å². The predicted octanol–water partition coefficient (Wildman–Crippen LogP) is 18.1. The number of ether oxygens (including phenoxy) is 8. The van der Waals surface area contributed by atoms with E-state index < -0.39 is 71.8 Å². The number of methoxy groups -OCH3 is 3. The van der Waals surface area contributed by atoms with E-state index in [9.17, 15) is 61.2 Å². The number of pyridine rings is 3. The average molecular weight is 1660 g/mol. The summed E-state index contributed by atoms with van der Waals surface area (Å²) in [6, 6.07) is 27.8. The molecule has 3 aliphatic heterocycles. The number of nitrogens with one attached hydrogen (secondary N) is 1. The third kappa shape index (κ3) is 22.6. The first-order valence-corrected chi connectivity index (χ1v) is 38.3. The van der Waals surface area contributed by atoms with Crippen molar-refractivity contribution >= 4 is 81.4 Å². The number of hydrogen-bond acceptors (Lipinski definition) is 20. The molecule has 8 aromatic rings. The first-order valence-electron chi connectivity index (χ1n) is 37.1. The molecule has 0 saturated carbocycles. The number of amides is 2. The van der Waals surface area contributed by atoms with Crippen molar-refractivity contribution in [2.24, 2.45) is 0 Å². The summed E-state index contributed by atoms with van der Waals surface area (Å²) in [6.07, 6.45) is 0.988. The van der Waals surface area contributed by atoms with Crippen LogP contribution in [-0.2, 0) is 45.5 Å². The topological polar surface area (TPSA) is 277 Å². The third-order valence-corrected chi connectivity index (χ3v) is 19.7. The van der Waals surface area contributed by atoms with Gasteiger partial charge in [-0.25, -0.2) is 46.5 Å².